The fourth-order valence-corrected chi connectivity index (χ4v) is 2.48. The van der Waals surface area contributed by atoms with Gasteiger partial charge in [0, 0.05) is 6.04 Å². The Balaban J connectivity index is 2.19. The lowest BCUT2D eigenvalue weighted by molar-refractivity contribution is 0.214. The highest BCUT2D eigenvalue weighted by Crippen LogP contribution is 2.28. The van der Waals surface area contributed by atoms with Crippen LogP contribution in [0.1, 0.15) is 38.4 Å². The highest BCUT2D eigenvalue weighted by molar-refractivity contribution is 5.12. The van der Waals surface area contributed by atoms with Crippen LogP contribution in [0.15, 0.2) is 12.5 Å². The molecule has 2 rings (SSSR count). The molecule has 4 heteroatoms. The Morgan fingerprint density at radius 3 is 2.59 bits per heavy atom. The van der Waals surface area contributed by atoms with E-state index in [1.165, 1.54) is 31.6 Å². The summed E-state index contributed by atoms with van der Waals surface area (Å²) in [5.41, 5.74) is 1.27. The number of imidazole rings is 1. The quantitative estimate of drug-likeness (QED) is 0.865. The molecule has 2 heterocycles. The van der Waals surface area contributed by atoms with E-state index >= 15 is 0 Å². The fourth-order valence-electron chi connectivity index (χ4n) is 2.48. The van der Waals surface area contributed by atoms with Crippen LogP contribution in [0.3, 0.4) is 0 Å². The lowest BCUT2D eigenvalue weighted by Gasteiger charge is -2.34. The number of rotatable bonds is 3. The van der Waals surface area contributed by atoms with Crippen molar-refractivity contribution < 1.29 is 0 Å². The van der Waals surface area contributed by atoms with Gasteiger partial charge in [0.1, 0.15) is 0 Å². The van der Waals surface area contributed by atoms with E-state index in [1.54, 1.807) is 0 Å². The molecule has 1 N–H and O–H groups in total. The van der Waals surface area contributed by atoms with E-state index in [0.29, 0.717) is 6.04 Å². The van der Waals surface area contributed by atoms with E-state index in [-0.39, 0.29) is 5.54 Å². The first kappa shape index (κ1) is 12.6. The van der Waals surface area contributed by atoms with E-state index in [2.05, 4.69) is 40.7 Å². The zero-order valence-electron chi connectivity index (χ0n) is 11.4. The Morgan fingerprint density at radius 2 is 2.00 bits per heavy atom. The smallest absolute Gasteiger partial charge is 0.0951 e. The van der Waals surface area contributed by atoms with E-state index in [1.807, 2.05) is 19.6 Å². The minimum atomic E-state index is -0.0140. The minimum Gasteiger partial charge on any atom is -0.330 e. The van der Waals surface area contributed by atoms with Crippen molar-refractivity contribution in [2.75, 3.05) is 27.2 Å². The van der Waals surface area contributed by atoms with Crippen molar-refractivity contribution in [1.82, 2.24) is 19.8 Å². The summed E-state index contributed by atoms with van der Waals surface area (Å²) < 4.78 is 2.36. The lowest BCUT2D eigenvalue weighted by atomic mass is 9.99. The monoisotopic (exact) mass is 236 g/mol. The number of nitrogens with zero attached hydrogens (tertiary/aromatic N) is 3. The number of aromatic nitrogens is 2. The molecule has 0 amide bonds. The van der Waals surface area contributed by atoms with Crippen molar-refractivity contribution >= 4 is 0 Å². The van der Waals surface area contributed by atoms with Crippen LogP contribution >= 0.6 is 0 Å². The Bertz CT molecular complexity index is 361. The van der Waals surface area contributed by atoms with Crippen molar-refractivity contribution in [3.05, 3.63) is 18.2 Å². The topological polar surface area (TPSA) is 33.1 Å². The number of likely N-dealkylation sites (tertiary alicyclic amines) is 1. The maximum absolute atomic E-state index is 4.34. The van der Waals surface area contributed by atoms with E-state index in [4.69, 9.17) is 0 Å². The minimum absolute atomic E-state index is 0.0140. The number of piperidine rings is 1. The normalized spacial score (nSPS) is 19.8. The average molecular weight is 236 g/mol. The lowest BCUT2D eigenvalue weighted by Crippen LogP contribution is -2.38. The molecule has 1 aromatic heterocycles. The molecular formula is C13H24N4. The van der Waals surface area contributed by atoms with Crippen LogP contribution in [-0.4, -0.2) is 41.6 Å². The van der Waals surface area contributed by atoms with Crippen LogP contribution < -0.4 is 5.32 Å². The summed E-state index contributed by atoms with van der Waals surface area (Å²) in [6.45, 7) is 6.77. The maximum atomic E-state index is 4.34. The van der Waals surface area contributed by atoms with Crippen LogP contribution in [0.4, 0.5) is 0 Å². The van der Waals surface area contributed by atoms with Gasteiger partial charge in [-0.3, -0.25) is 0 Å². The van der Waals surface area contributed by atoms with Crippen molar-refractivity contribution in [2.45, 2.75) is 38.3 Å². The first-order valence-electron chi connectivity index (χ1n) is 6.44. The summed E-state index contributed by atoms with van der Waals surface area (Å²) in [5.74, 6) is 0. The number of hydrogen-bond donors (Lipinski definition) is 1. The molecule has 0 unspecified atom stereocenters. The molecule has 0 spiro atoms. The predicted octanol–water partition coefficient (Wildman–Crippen LogP) is 1.60. The zero-order chi connectivity index (χ0) is 12.5. The van der Waals surface area contributed by atoms with Gasteiger partial charge in [0.25, 0.3) is 0 Å². The summed E-state index contributed by atoms with van der Waals surface area (Å²) >= 11 is 0. The van der Waals surface area contributed by atoms with Crippen LogP contribution in [0.25, 0.3) is 0 Å². The molecule has 0 aromatic carbocycles. The third-order valence-electron chi connectivity index (χ3n) is 4.01. The van der Waals surface area contributed by atoms with E-state index in [0.717, 1.165) is 0 Å². The van der Waals surface area contributed by atoms with Gasteiger partial charge in [-0.15, -0.1) is 0 Å². The van der Waals surface area contributed by atoms with Crippen molar-refractivity contribution in [2.24, 2.45) is 0 Å². The molecule has 1 aliphatic heterocycles. The van der Waals surface area contributed by atoms with Crippen LogP contribution in [0.2, 0.25) is 0 Å². The summed E-state index contributed by atoms with van der Waals surface area (Å²) in [7, 11) is 4.20. The molecule has 0 aliphatic carbocycles. The third kappa shape index (κ3) is 2.53. The molecule has 0 bridgehead atoms. The van der Waals surface area contributed by atoms with Gasteiger partial charge in [0.05, 0.1) is 23.8 Å². The average Bonchev–Trinajstić information content (AvgIpc) is 2.80. The van der Waals surface area contributed by atoms with Crippen LogP contribution in [-0.2, 0) is 5.54 Å². The third-order valence-corrected chi connectivity index (χ3v) is 4.01. The molecule has 0 saturated carbocycles. The van der Waals surface area contributed by atoms with Gasteiger partial charge >= 0.3 is 0 Å². The van der Waals surface area contributed by atoms with Crippen molar-refractivity contribution in [3.63, 3.8) is 0 Å². The summed E-state index contributed by atoms with van der Waals surface area (Å²) in [6, 6.07) is 0.608. The molecule has 0 atom stereocenters. The van der Waals surface area contributed by atoms with Gasteiger partial charge < -0.3 is 14.8 Å². The molecule has 1 aromatic rings. The van der Waals surface area contributed by atoms with Gasteiger partial charge in [-0.2, -0.15) is 0 Å². The second-order valence-corrected chi connectivity index (χ2v) is 5.60. The molecule has 1 saturated heterocycles. The molecule has 1 fully saturated rings. The van der Waals surface area contributed by atoms with Gasteiger partial charge in [-0.05, 0) is 53.9 Å². The summed E-state index contributed by atoms with van der Waals surface area (Å²) in [5, 5.41) is 3.36. The largest absolute Gasteiger partial charge is 0.330 e. The SMILES string of the molecule is CNC(C)(C)c1cncn1C1CCN(C)CC1. The molecule has 17 heavy (non-hydrogen) atoms. The first-order valence-corrected chi connectivity index (χ1v) is 6.44. The van der Waals surface area contributed by atoms with E-state index < -0.39 is 0 Å². The predicted molar refractivity (Wildman–Crippen MR) is 70.1 cm³/mol. The molecule has 96 valence electrons. The highest BCUT2D eigenvalue weighted by Gasteiger charge is 2.26. The van der Waals surface area contributed by atoms with Crippen LogP contribution in [0, 0.1) is 0 Å². The Morgan fingerprint density at radius 1 is 1.35 bits per heavy atom. The van der Waals surface area contributed by atoms with Gasteiger partial charge in [-0.1, -0.05) is 0 Å². The second-order valence-electron chi connectivity index (χ2n) is 5.60. The van der Waals surface area contributed by atoms with Crippen molar-refractivity contribution in [1.29, 1.82) is 0 Å². The standard InChI is InChI=1S/C13H24N4/c1-13(2,14-3)12-9-15-10-17(12)11-5-7-16(4)8-6-11/h9-11,14H,5-8H2,1-4H3. The Hall–Kier alpha value is -0.870. The number of nitrogens with one attached hydrogen (secondary N) is 1. The molecule has 0 radical (unpaired) electrons. The first-order chi connectivity index (χ1) is 8.04. The van der Waals surface area contributed by atoms with Gasteiger partial charge in [-0.25, -0.2) is 4.98 Å². The van der Waals surface area contributed by atoms with Gasteiger partial charge in [0.2, 0.25) is 0 Å². The Labute approximate surface area is 104 Å². The van der Waals surface area contributed by atoms with Gasteiger partial charge in [0.15, 0.2) is 0 Å². The molecular weight excluding hydrogens is 212 g/mol. The van der Waals surface area contributed by atoms with Crippen molar-refractivity contribution in [3.8, 4) is 0 Å². The number of hydrogen-bond acceptors (Lipinski definition) is 3. The maximum Gasteiger partial charge on any atom is 0.0951 e. The summed E-state index contributed by atoms with van der Waals surface area (Å²) in [6.07, 6.45) is 6.43. The summed E-state index contributed by atoms with van der Waals surface area (Å²) in [4.78, 5) is 6.74. The Kier molecular flexibility index (Phi) is 3.54. The molecule has 1 aliphatic rings. The van der Waals surface area contributed by atoms with E-state index in [9.17, 15) is 0 Å². The van der Waals surface area contributed by atoms with Crippen LogP contribution in [0.5, 0.6) is 0 Å². The molecule has 4 nitrogen and oxygen atoms in total. The second kappa shape index (κ2) is 4.78. The highest BCUT2D eigenvalue weighted by atomic mass is 15.2. The zero-order valence-corrected chi connectivity index (χ0v) is 11.4. The fraction of sp³-hybridized carbons (Fsp3) is 0.769.